The van der Waals surface area contributed by atoms with E-state index in [0.717, 1.165) is 6.42 Å². The van der Waals surface area contributed by atoms with Crippen LogP contribution in [0.5, 0.6) is 11.5 Å². The number of anilines is 1. The van der Waals surface area contributed by atoms with Crippen molar-refractivity contribution >= 4 is 29.1 Å². The molecule has 2 atom stereocenters. The van der Waals surface area contributed by atoms with Crippen molar-refractivity contribution in [1.29, 1.82) is 0 Å². The highest BCUT2D eigenvalue weighted by Gasteiger charge is 2.30. The van der Waals surface area contributed by atoms with Gasteiger partial charge in [-0.1, -0.05) is 11.6 Å². The Morgan fingerprint density at radius 1 is 1.12 bits per heavy atom. The fourth-order valence-electron chi connectivity index (χ4n) is 2.94. The number of amides is 2. The summed E-state index contributed by atoms with van der Waals surface area (Å²) in [4.78, 5) is 26.2. The summed E-state index contributed by atoms with van der Waals surface area (Å²) in [5.74, 6) is -0.316. The lowest BCUT2D eigenvalue weighted by molar-refractivity contribution is -0.151. The summed E-state index contributed by atoms with van der Waals surface area (Å²) in [7, 11) is 0. The number of benzene rings is 1. The Morgan fingerprint density at radius 3 is 2.36 bits per heavy atom. The van der Waals surface area contributed by atoms with E-state index in [1.165, 1.54) is 4.90 Å². The monoisotopic (exact) mass is 368 g/mol. The summed E-state index contributed by atoms with van der Waals surface area (Å²) in [5, 5.41) is 2.86. The zero-order valence-corrected chi connectivity index (χ0v) is 15.0. The highest BCUT2D eigenvalue weighted by Crippen LogP contribution is 2.37. The number of nitrogens with one attached hydrogen (secondary N) is 1. The molecule has 2 aliphatic heterocycles. The Morgan fingerprint density at radius 2 is 1.72 bits per heavy atom. The van der Waals surface area contributed by atoms with Crippen LogP contribution in [0.2, 0.25) is 5.02 Å². The molecule has 0 unspecified atom stereocenters. The van der Waals surface area contributed by atoms with Crippen molar-refractivity contribution in [2.75, 3.05) is 31.6 Å². The molecule has 1 aromatic rings. The molecule has 136 valence electrons. The first-order valence-corrected chi connectivity index (χ1v) is 8.66. The second-order valence-electron chi connectivity index (χ2n) is 6.25. The summed E-state index contributed by atoms with van der Waals surface area (Å²) < 4.78 is 16.7. The van der Waals surface area contributed by atoms with Crippen molar-refractivity contribution < 1.29 is 23.8 Å². The van der Waals surface area contributed by atoms with Crippen molar-refractivity contribution in [3.8, 4) is 11.5 Å². The molecule has 1 aromatic carbocycles. The molecule has 0 aliphatic carbocycles. The molecular formula is C17H21ClN2O5. The molecule has 0 aromatic heterocycles. The molecule has 0 spiro atoms. The zero-order chi connectivity index (χ0) is 18.0. The lowest BCUT2D eigenvalue weighted by Crippen LogP contribution is -2.51. The van der Waals surface area contributed by atoms with Crippen LogP contribution in [-0.2, 0) is 14.3 Å². The maximum atomic E-state index is 12.4. The molecule has 2 heterocycles. The smallest absolute Gasteiger partial charge is 0.313 e. The third-order valence-electron chi connectivity index (χ3n) is 3.99. The number of morpholine rings is 1. The molecule has 2 aliphatic rings. The number of hydrogen-bond acceptors (Lipinski definition) is 5. The van der Waals surface area contributed by atoms with E-state index < -0.39 is 11.8 Å². The molecular weight excluding hydrogens is 348 g/mol. The Balaban J connectivity index is 1.72. The Bertz CT molecular complexity index is 671. The quantitative estimate of drug-likeness (QED) is 0.768. The van der Waals surface area contributed by atoms with Gasteiger partial charge >= 0.3 is 11.8 Å². The minimum absolute atomic E-state index is 0.109. The van der Waals surface area contributed by atoms with Crippen LogP contribution < -0.4 is 14.8 Å². The van der Waals surface area contributed by atoms with Crippen LogP contribution in [0.3, 0.4) is 0 Å². The molecule has 2 amide bonds. The molecule has 3 rings (SSSR count). The fraction of sp³-hybridized carbons (Fsp3) is 0.529. The molecule has 7 nitrogen and oxygen atoms in total. The number of carbonyl (C=O) groups is 2. The molecule has 0 saturated carbocycles. The van der Waals surface area contributed by atoms with Gasteiger partial charge in [-0.15, -0.1) is 0 Å². The summed E-state index contributed by atoms with van der Waals surface area (Å²) in [6, 6.07) is 3.17. The van der Waals surface area contributed by atoms with Gasteiger partial charge in [-0.2, -0.15) is 0 Å². The maximum absolute atomic E-state index is 12.4. The summed E-state index contributed by atoms with van der Waals surface area (Å²) in [5.41, 5.74) is 0.318. The second kappa shape index (κ2) is 7.49. The van der Waals surface area contributed by atoms with Crippen LogP contribution in [0.4, 0.5) is 5.69 Å². The molecule has 1 N–H and O–H groups in total. The van der Waals surface area contributed by atoms with E-state index in [9.17, 15) is 9.59 Å². The highest BCUT2D eigenvalue weighted by molar-refractivity contribution is 6.41. The van der Waals surface area contributed by atoms with Crippen molar-refractivity contribution in [3.63, 3.8) is 0 Å². The first-order valence-electron chi connectivity index (χ1n) is 8.29. The highest BCUT2D eigenvalue weighted by atomic mass is 35.5. The molecule has 8 heteroatoms. The third-order valence-corrected chi connectivity index (χ3v) is 4.30. The number of rotatable bonds is 1. The van der Waals surface area contributed by atoms with E-state index in [-0.39, 0.29) is 17.2 Å². The van der Waals surface area contributed by atoms with Crippen molar-refractivity contribution in [2.24, 2.45) is 0 Å². The van der Waals surface area contributed by atoms with E-state index in [1.54, 1.807) is 12.1 Å². The van der Waals surface area contributed by atoms with E-state index in [2.05, 4.69) is 5.32 Å². The van der Waals surface area contributed by atoms with Gasteiger partial charge < -0.3 is 24.4 Å². The van der Waals surface area contributed by atoms with Crippen LogP contribution in [0.15, 0.2) is 12.1 Å². The molecule has 0 radical (unpaired) electrons. The Hall–Kier alpha value is -1.99. The summed E-state index contributed by atoms with van der Waals surface area (Å²) in [6.45, 7) is 5.56. The van der Waals surface area contributed by atoms with Gasteiger partial charge in [-0.3, -0.25) is 9.59 Å². The van der Waals surface area contributed by atoms with Crippen molar-refractivity contribution in [2.45, 2.75) is 32.5 Å². The number of nitrogens with zero attached hydrogens (tertiary/aromatic N) is 1. The van der Waals surface area contributed by atoms with Gasteiger partial charge in [-0.05, 0) is 13.8 Å². The van der Waals surface area contributed by atoms with Gasteiger partial charge in [0.25, 0.3) is 0 Å². The van der Waals surface area contributed by atoms with E-state index >= 15 is 0 Å². The third kappa shape index (κ3) is 4.16. The normalized spacial score (nSPS) is 22.9. The van der Waals surface area contributed by atoms with Gasteiger partial charge in [0.1, 0.15) is 0 Å². The van der Waals surface area contributed by atoms with Crippen LogP contribution in [-0.4, -0.2) is 55.2 Å². The van der Waals surface area contributed by atoms with Crippen LogP contribution >= 0.6 is 11.6 Å². The van der Waals surface area contributed by atoms with Gasteiger partial charge in [0.2, 0.25) is 0 Å². The summed E-state index contributed by atoms with van der Waals surface area (Å²) in [6.07, 6.45) is 0.545. The van der Waals surface area contributed by atoms with Crippen molar-refractivity contribution in [1.82, 2.24) is 4.90 Å². The van der Waals surface area contributed by atoms with Crippen LogP contribution in [0, 0.1) is 0 Å². The van der Waals surface area contributed by atoms with Crippen LogP contribution in [0.25, 0.3) is 0 Å². The standard InChI is InChI=1S/C17H21ClN2O5/c1-10-8-20(9-11(2)25-10)17(22)16(21)19-13-7-15-14(6-12(13)18)23-4-3-5-24-15/h6-7,10-11H,3-5,8-9H2,1-2H3,(H,19,21)/t10-,11-/m0/s1. The average molecular weight is 369 g/mol. The van der Waals surface area contributed by atoms with Gasteiger partial charge in [-0.25, -0.2) is 0 Å². The molecule has 1 saturated heterocycles. The summed E-state index contributed by atoms with van der Waals surface area (Å²) >= 11 is 6.20. The van der Waals surface area contributed by atoms with Gasteiger partial charge in [0.05, 0.1) is 36.1 Å². The number of hydrogen-bond donors (Lipinski definition) is 1. The van der Waals surface area contributed by atoms with E-state index in [1.807, 2.05) is 13.8 Å². The van der Waals surface area contributed by atoms with Gasteiger partial charge in [0, 0.05) is 31.6 Å². The fourth-order valence-corrected chi connectivity index (χ4v) is 3.14. The first-order chi connectivity index (χ1) is 11.9. The minimum atomic E-state index is -0.738. The minimum Gasteiger partial charge on any atom is -0.490 e. The Labute approximate surface area is 151 Å². The topological polar surface area (TPSA) is 77.1 Å². The number of carbonyl (C=O) groups excluding carboxylic acids is 2. The predicted octanol–water partition coefficient (Wildman–Crippen LogP) is 2.08. The Kier molecular flexibility index (Phi) is 5.34. The first kappa shape index (κ1) is 17.8. The largest absolute Gasteiger partial charge is 0.490 e. The maximum Gasteiger partial charge on any atom is 0.313 e. The second-order valence-corrected chi connectivity index (χ2v) is 6.66. The lowest BCUT2D eigenvalue weighted by atomic mass is 10.2. The number of ether oxygens (including phenoxy) is 3. The van der Waals surface area contributed by atoms with E-state index in [0.29, 0.717) is 43.5 Å². The van der Waals surface area contributed by atoms with Gasteiger partial charge in [0.15, 0.2) is 11.5 Å². The molecule has 25 heavy (non-hydrogen) atoms. The number of fused-ring (bicyclic) bond motifs is 1. The van der Waals surface area contributed by atoms with Crippen LogP contribution in [0.1, 0.15) is 20.3 Å². The molecule has 1 fully saturated rings. The average Bonchev–Trinajstić information content (AvgIpc) is 2.78. The van der Waals surface area contributed by atoms with E-state index in [4.69, 9.17) is 25.8 Å². The predicted molar refractivity (Wildman–Crippen MR) is 92.3 cm³/mol. The molecule has 0 bridgehead atoms. The lowest BCUT2D eigenvalue weighted by Gasteiger charge is -2.34. The number of halogens is 1. The zero-order valence-electron chi connectivity index (χ0n) is 14.2. The SMILES string of the molecule is C[C@H]1CN(C(=O)C(=O)Nc2cc3c(cc2Cl)OCCCO3)C[C@H](C)O1. The van der Waals surface area contributed by atoms with Crippen molar-refractivity contribution in [3.05, 3.63) is 17.2 Å².